The molecule has 2 aromatic rings. The smallest absolute Gasteiger partial charge is 0.279 e. The summed E-state index contributed by atoms with van der Waals surface area (Å²) in [5.41, 5.74) is 3.08. The van der Waals surface area contributed by atoms with Crippen molar-refractivity contribution >= 4 is 34.9 Å². The second kappa shape index (κ2) is 4.78. The Kier molecular flexibility index (Phi) is 2.97. The van der Waals surface area contributed by atoms with E-state index in [1.54, 1.807) is 29.5 Å². The van der Waals surface area contributed by atoms with Crippen LogP contribution in [0.15, 0.2) is 51.3 Å². The molecule has 0 saturated heterocycles. The third-order valence-electron chi connectivity index (χ3n) is 2.94. The summed E-state index contributed by atoms with van der Waals surface area (Å²) < 4.78 is 0. The van der Waals surface area contributed by atoms with E-state index in [2.05, 4.69) is 10.2 Å². The minimum atomic E-state index is -0.122. The molecule has 0 N–H and O–H groups in total. The highest BCUT2D eigenvalue weighted by Gasteiger charge is 2.30. The number of thiophene rings is 1. The molecule has 1 aromatic heterocycles. The molecule has 1 amide bonds. The summed E-state index contributed by atoms with van der Waals surface area (Å²) in [5.74, 6) is -0.122. The molecule has 0 radical (unpaired) electrons. The zero-order chi connectivity index (χ0) is 13.2. The highest BCUT2D eigenvalue weighted by molar-refractivity contribution is 7.08. The van der Waals surface area contributed by atoms with Crippen LogP contribution in [0.25, 0.3) is 0 Å². The highest BCUT2D eigenvalue weighted by atomic mass is 32.1. The van der Waals surface area contributed by atoms with E-state index >= 15 is 0 Å². The van der Waals surface area contributed by atoms with Gasteiger partial charge in [0.15, 0.2) is 5.71 Å². The molecule has 1 aliphatic heterocycles. The third kappa shape index (κ3) is 2.08. The van der Waals surface area contributed by atoms with E-state index in [9.17, 15) is 4.79 Å². The minimum Gasteiger partial charge on any atom is -0.309 e. The number of amides is 1. The first-order chi connectivity index (χ1) is 9.27. The maximum Gasteiger partial charge on any atom is 0.279 e. The third-order valence-corrected chi connectivity index (χ3v) is 3.64. The number of benzene rings is 1. The van der Waals surface area contributed by atoms with Crippen LogP contribution in [0, 0.1) is 0 Å². The van der Waals surface area contributed by atoms with Crippen molar-refractivity contribution in [3.8, 4) is 0 Å². The lowest BCUT2D eigenvalue weighted by Crippen LogP contribution is -2.25. The van der Waals surface area contributed by atoms with Crippen LogP contribution in [0.1, 0.15) is 11.1 Å². The average molecular weight is 269 g/mol. The first-order valence-corrected chi connectivity index (χ1v) is 6.72. The van der Waals surface area contributed by atoms with Crippen LogP contribution in [-0.2, 0) is 4.79 Å². The summed E-state index contributed by atoms with van der Waals surface area (Å²) >= 11 is 1.60. The summed E-state index contributed by atoms with van der Waals surface area (Å²) in [4.78, 5) is 13.7. The van der Waals surface area contributed by atoms with Gasteiger partial charge in [-0.3, -0.25) is 4.79 Å². The van der Waals surface area contributed by atoms with Crippen molar-refractivity contribution in [1.82, 2.24) is 0 Å². The fraction of sp³-hybridized carbons (Fsp3) is 0.0714. The van der Waals surface area contributed by atoms with E-state index in [4.69, 9.17) is 0 Å². The molecule has 2 heterocycles. The zero-order valence-electron chi connectivity index (χ0n) is 10.3. The van der Waals surface area contributed by atoms with Gasteiger partial charge in [0.25, 0.3) is 5.91 Å². The fourth-order valence-electron chi connectivity index (χ4n) is 1.95. The predicted octanol–water partition coefficient (Wildman–Crippen LogP) is 2.55. The van der Waals surface area contributed by atoms with E-state index in [0.29, 0.717) is 5.71 Å². The average Bonchev–Trinajstić information content (AvgIpc) is 3.02. The van der Waals surface area contributed by atoms with Gasteiger partial charge in [0.05, 0.1) is 11.9 Å². The molecule has 1 aromatic carbocycles. The predicted molar refractivity (Wildman–Crippen MR) is 78.3 cm³/mol. The van der Waals surface area contributed by atoms with Gasteiger partial charge < -0.3 is 4.90 Å². The first-order valence-electron chi connectivity index (χ1n) is 5.78. The molecule has 94 valence electrons. The summed E-state index contributed by atoms with van der Waals surface area (Å²) in [6, 6.07) is 9.53. The zero-order valence-corrected chi connectivity index (χ0v) is 11.1. The molecule has 0 spiro atoms. The Labute approximate surface area is 114 Å². The number of fused-ring (bicyclic) bond motifs is 1. The number of hydrogen-bond acceptors (Lipinski definition) is 4. The van der Waals surface area contributed by atoms with Crippen LogP contribution in [0.5, 0.6) is 0 Å². The second-order valence-corrected chi connectivity index (χ2v) is 4.91. The lowest BCUT2D eigenvalue weighted by molar-refractivity contribution is -0.111. The van der Waals surface area contributed by atoms with Crippen LogP contribution in [0.3, 0.4) is 0 Å². The molecule has 0 atom stereocenters. The van der Waals surface area contributed by atoms with Crippen LogP contribution >= 0.6 is 11.3 Å². The van der Waals surface area contributed by atoms with E-state index in [1.807, 2.05) is 41.1 Å². The quantitative estimate of drug-likeness (QED) is 0.610. The van der Waals surface area contributed by atoms with Crippen LogP contribution in [-0.4, -0.2) is 24.9 Å². The van der Waals surface area contributed by atoms with Gasteiger partial charge in [-0.15, -0.1) is 5.10 Å². The Morgan fingerprint density at radius 3 is 2.89 bits per heavy atom. The Hall–Kier alpha value is -2.27. The SMILES string of the molecule is CN1C(=O)/C(=N/N=C\c2ccsc2)c2ccccc21. The lowest BCUT2D eigenvalue weighted by atomic mass is 10.1. The van der Waals surface area contributed by atoms with Gasteiger partial charge in [0.1, 0.15) is 0 Å². The largest absolute Gasteiger partial charge is 0.309 e. The second-order valence-electron chi connectivity index (χ2n) is 4.13. The number of likely N-dealkylation sites (N-methyl/N-ethyl adjacent to an activating group) is 1. The topological polar surface area (TPSA) is 45.0 Å². The molecule has 0 fully saturated rings. The number of carbonyl (C=O) groups excluding carboxylic acids is 1. The molecule has 0 bridgehead atoms. The van der Waals surface area contributed by atoms with Gasteiger partial charge >= 0.3 is 0 Å². The van der Waals surface area contributed by atoms with Crippen LogP contribution in [0.4, 0.5) is 5.69 Å². The highest BCUT2D eigenvalue weighted by Crippen LogP contribution is 2.27. The molecule has 4 nitrogen and oxygen atoms in total. The number of rotatable bonds is 2. The van der Waals surface area contributed by atoms with Gasteiger partial charge in [-0.25, -0.2) is 0 Å². The molecule has 0 aliphatic carbocycles. The molecule has 5 heteroatoms. The van der Waals surface area contributed by atoms with Crippen molar-refractivity contribution in [2.75, 3.05) is 11.9 Å². The number of hydrogen-bond donors (Lipinski definition) is 0. The molecular weight excluding hydrogens is 258 g/mol. The molecule has 0 unspecified atom stereocenters. The first kappa shape index (κ1) is 11.8. The monoisotopic (exact) mass is 269 g/mol. The van der Waals surface area contributed by atoms with E-state index < -0.39 is 0 Å². The standard InChI is InChI=1S/C14H11N3OS/c1-17-12-5-3-2-4-11(12)13(14(17)18)16-15-8-10-6-7-19-9-10/h2-9H,1H3/b15-8-,16-13+. The normalized spacial score (nSPS) is 16.6. The fourth-order valence-corrected chi connectivity index (χ4v) is 2.56. The summed E-state index contributed by atoms with van der Waals surface area (Å²) in [6.45, 7) is 0. The van der Waals surface area contributed by atoms with Gasteiger partial charge in [0, 0.05) is 18.2 Å². The van der Waals surface area contributed by atoms with Crippen molar-refractivity contribution in [2.24, 2.45) is 10.2 Å². The van der Waals surface area contributed by atoms with E-state index in [1.165, 1.54) is 0 Å². The van der Waals surface area contributed by atoms with Crippen LogP contribution < -0.4 is 4.90 Å². The number of anilines is 1. The Balaban J connectivity index is 1.95. The Bertz CT molecular complexity index is 674. The van der Waals surface area contributed by atoms with Crippen molar-refractivity contribution in [2.45, 2.75) is 0 Å². The van der Waals surface area contributed by atoms with E-state index in [-0.39, 0.29) is 5.91 Å². The van der Waals surface area contributed by atoms with Gasteiger partial charge in [-0.2, -0.15) is 16.4 Å². The Morgan fingerprint density at radius 2 is 2.11 bits per heavy atom. The maximum atomic E-state index is 12.1. The minimum absolute atomic E-state index is 0.122. The van der Waals surface area contributed by atoms with Crippen molar-refractivity contribution < 1.29 is 4.79 Å². The molecule has 0 saturated carbocycles. The summed E-state index contributed by atoms with van der Waals surface area (Å²) in [7, 11) is 1.74. The molecule has 3 rings (SSSR count). The Morgan fingerprint density at radius 1 is 1.26 bits per heavy atom. The number of nitrogens with zero attached hydrogens (tertiary/aromatic N) is 3. The lowest BCUT2D eigenvalue weighted by Gasteiger charge is -2.07. The van der Waals surface area contributed by atoms with Crippen molar-refractivity contribution in [3.05, 3.63) is 52.2 Å². The summed E-state index contributed by atoms with van der Waals surface area (Å²) in [5, 5.41) is 12.0. The van der Waals surface area contributed by atoms with Crippen LogP contribution in [0.2, 0.25) is 0 Å². The number of para-hydroxylation sites is 1. The number of carbonyl (C=O) groups is 1. The molecule has 19 heavy (non-hydrogen) atoms. The molecule has 1 aliphatic rings. The van der Waals surface area contributed by atoms with Gasteiger partial charge in [-0.1, -0.05) is 18.2 Å². The van der Waals surface area contributed by atoms with Gasteiger partial charge in [0.2, 0.25) is 0 Å². The van der Waals surface area contributed by atoms with E-state index in [0.717, 1.165) is 16.8 Å². The van der Waals surface area contributed by atoms with Crippen molar-refractivity contribution in [3.63, 3.8) is 0 Å². The maximum absolute atomic E-state index is 12.1. The van der Waals surface area contributed by atoms with Gasteiger partial charge in [-0.05, 0) is 22.9 Å². The molecular formula is C14H11N3OS. The van der Waals surface area contributed by atoms with Crippen molar-refractivity contribution in [1.29, 1.82) is 0 Å². The summed E-state index contributed by atoms with van der Waals surface area (Å²) in [6.07, 6.45) is 1.65.